The zero-order valence-corrected chi connectivity index (χ0v) is 8.39. The van der Waals surface area contributed by atoms with Gasteiger partial charge >= 0.3 is 0 Å². The second-order valence-electron chi connectivity index (χ2n) is 3.89. The monoisotopic (exact) mass is 192 g/mol. The quantitative estimate of drug-likeness (QED) is 0.779. The second-order valence-corrected chi connectivity index (χ2v) is 3.89. The van der Waals surface area contributed by atoms with Crippen molar-refractivity contribution in [3.05, 3.63) is 35.9 Å². The van der Waals surface area contributed by atoms with Crippen molar-refractivity contribution in [3.63, 3.8) is 0 Å². The molecule has 0 bridgehead atoms. The normalized spacial score (nSPS) is 29.0. The van der Waals surface area contributed by atoms with E-state index < -0.39 is 0 Å². The molecule has 1 aromatic carbocycles. The maximum absolute atomic E-state index is 9.39. The van der Waals surface area contributed by atoms with Gasteiger partial charge in [0.25, 0.3) is 0 Å². The molecule has 0 saturated carbocycles. The SMILES string of the molecule is CC(O)C1CCC(c2ccccc2)O1. The van der Waals surface area contributed by atoms with E-state index in [1.165, 1.54) is 5.56 Å². The van der Waals surface area contributed by atoms with Gasteiger partial charge in [-0.15, -0.1) is 0 Å². The molecule has 1 aromatic rings. The van der Waals surface area contributed by atoms with Crippen LogP contribution < -0.4 is 0 Å². The van der Waals surface area contributed by atoms with Crippen molar-refractivity contribution in [2.45, 2.75) is 38.1 Å². The molecule has 0 spiro atoms. The number of rotatable bonds is 2. The van der Waals surface area contributed by atoms with Crippen molar-refractivity contribution >= 4 is 0 Å². The molecule has 0 amide bonds. The van der Waals surface area contributed by atoms with Gasteiger partial charge in [0.1, 0.15) is 0 Å². The third kappa shape index (κ3) is 1.97. The smallest absolute Gasteiger partial charge is 0.0840 e. The van der Waals surface area contributed by atoms with E-state index in [2.05, 4.69) is 12.1 Å². The second kappa shape index (κ2) is 4.11. The maximum atomic E-state index is 9.39. The van der Waals surface area contributed by atoms with Crippen LogP contribution in [0.5, 0.6) is 0 Å². The average Bonchev–Trinajstić information content (AvgIpc) is 2.68. The lowest BCUT2D eigenvalue weighted by Gasteiger charge is -2.15. The highest BCUT2D eigenvalue weighted by Gasteiger charge is 2.29. The Hall–Kier alpha value is -0.860. The fraction of sp³-hybridized carbons (Fsp3) is 0.500. The largest absolute Gasteiger partial charge is 0.391 e. The number of aliphatic hydroxyl groups excluding tert-OH is 1. The van der Waals surface area contributed by atoms with Crippen molar-refractivity contribution in [3.8, 4) is 0 Å². The van der Waals surface area contributed by atoms with E-state index in [1.807, 2.05) is 18.2 Å². The van der Waals surface area contributed by atoms with Crippen LogP contribution in [-0.4, -0.2) is 17.3 Å². The van der Waals surface area contributed by atoms with E-state index in [1.54, 1.807) is 6.92 Å². The van der Waals surface area contributed by atoms with Crippen molar-refractivity contribution in [1.82, 2.24) is 0 Å². The van der Waals surface area contributed by atoms with Crippen LogP contribution in [0, 0.1) is 0 Å². The minimum absolute atomic E-state index is 0.0141. The number of ether oxygens (including phenoxy) is 1. The first kappa shape index (κ1) is 9.69. The number of hydrogen-bond acceptors (Lipinski definition) is 2. The highest BCUT2D eigenvalue weighted by atomic mass is 16.5. The highest BCUT2D eigenvalue weighted by molar-refractivity contribution is 5.18. The van der Waals surface area contributed by atoms with Crippen LogP contribution in [-0.2, 0) is 4.74 Å². The minimum Gasteiger partial charge on any atom is -0.391 e. The summed E-state index contributed by atoms with van der Waals surface area (Å²) in [7, 11) is 0. The van der Waals surface area contributed by atoms with Crippen LogP contribution in [0.2, 0.25) is 0 Å². The standard InChI is InChI=1S/C12H16O2/c1-9(13)11-7-8-12(14-11)10-5-3-2-4-6-10/h2-6,9,11-13H,7-8H2,1H3. The van der Waals surface area contributed by atoms with Gasteiger partial charge in [-0.2, -0.15) is 0 Å². The Bertz CT molecular complexity index is 282. The molecule has 1 saturated heterocycles. The van der Waals surface area contributed by atoms with Crippen molar-refractivity contribution in [1.29, 1.82) is 0 Å². The lowest BCUT2D eigenvalue weighted by Crippen LogP contribution is -2.21. The molecule has 1 fully saturated rings. The molecule has 3 unspecified atom stereocenters. The van der Waals surface area contributed by atoms with E-state index in [0.29, 0.717) is 0 Å². The Kier molecular flexibility index (Phi) is 2.85. The summed E-state index contributed by atoms with van der Waals surface area (Å²) < 4.78 is 5.76. The van der Waals surface area contributed by atoms with E-state index in [0.717, 1.165) is 12.8 Å². The molecule has 0 radical (unpaired) electrons. The molecule has 1 heterocycles. The third-order valence-electron chi connectivity index (χ3n) is 2.76. The molecule has 2 rings (SSSR count). The summed E-state index contributed by atoms with van der Waals surface area (Å²) >= 11 is 0. The fourth-order valence-corrected chi connectivity index (χ4v) is 1.93. The van der Waals surface area contributed by atoms with Gasteiger partial charge in [0.2, 0.25) is 0 Å². The van der Waals surface area contributed by atoms with E-state index in [-0.39, 0.29) is 18.3 Å². The first-order valence-electron chi connectivity index (χ1n) is 5.16. The Balaban J connectivity index is 2.03. The Morgan fingerprint density at radius 2 is 2.00 bits per heavy atom. The van der Waals surface area contributed by atoms with Crippen molar-refractivity contribution in [2.75, 3.05) is 0 Å². The molecule has 1 aliphatic heterocycles. The lowest BCUT2D eigenvalue weighted by molar-refractivity contribution is -0.0272. The van der Waals surface area contributed by atoms with Crippen LogP contribution >= 0.6 is 0 Å². The Labute approximate surface area is 84.5 Å². The van der Waals surface area contributed by atoms with Gasteiger partial charge in [-0.3, -0.25) is 0 Å². The van der Waals surface area contributed by atoms with Gasteiger partial charge in [-0.25, -0.2) is 0 Å². The summed E-state index contributed by atoms with van der Waals surface area (Å²) in [5.74, 6) is 0. The molecular weight excluding hydrogens is 176 g/mol. The molecular formula is C12H16O2. The molecule has 14 heavy (non-hydrogen) atoms. The van der Waals surface area contributed by atoms with Gasteiger partial charge in [0.15, 0.2) is 0 Å². The fourth-order valence-electron chi connectivity index (χ4n) is 1.93. The van der Waals surface area contributed by atoms with Gasteiger partial charge in [0.05, 0.1) is 18.3 Å². The van der Waals surface area contributed by atoms with E-state index >= 15 is 0 Å². The lowest BCUT2D eigenvalue weighted by atomic mass is 10.1. The first-order valence-corrected chi connectivity index (χ1v) is 5.16. The number of hydrogen-bond donors (Lipinski definition) is 1. The topological polar surface area (TPSA) is 29.5 Å². The van der Waals surface area contributed by atoms with Crippen LogP contribution in [0.1, 0.15) is 31.4 Å². The van der Waals surface area contributed by atoms with Gasteiger partial charge in [0, 0.05) is 0 Å². The number of benzene rings is 1. The van der Waals surface area contributed by atoms with Crippen LogP contribution in [0.25, 0.3) is 0 Å². The van der Waals surface area contributed by atoms with E-state index in [9.17, 15) is 5.11 Å². The van der Waals surface area contributed by atoms with Gasteiger partial charge < -0.3 is 9.84 Å². The zero-order valence-electron chi connectivity index (χ0n) is 8.39. The molecule has 1 aliphatic rings. The minimum atomic E-state index is -0.358. The predicted octanol–water partition coefficient (Wildman–Crippen LogP) is 2.29. The third-order valence-corrected chi connectivity index (χ3v) is 2.76. The van der Waals surface area contributed by atoms with Gasteiger partial charge in [-0.05, 0) is 25.3 Å². The molecule has 76 valence electrons. The van der Waals surface area contributed by atoms with Crippen LogP contribution in [0.4, 0.5) is 0 Å². The molecule has 2 heteroatoms. The molecule has 0 aliphatic carbocycles. The molecule has 1 N–H and O–H groups in total. The van der Waals surface area contributed by atoms with Crippen molar-refractivity contribution in [2.24, 2.45) is 0 Å². The summed E-state index contributed by atoms with van der Waals surface area (Å²) in [4.78, 5) is 0. The summed E-state index contributed by atoms with van der Waals surface area (Å²) in [5, 5.41) is 9.39. The molecule has 3 atom stereocenters. The Morgan fingerprint density at radius 3 is 2.57 bits per heavy atom. The van der Waals surface area contributed by atoms with Gasteiger partial charge in [-0.1, -0.05) is 30.3 Å². The van der Waals surface area contributed by atoms with Crippen molar-refractivity contribution < 1.29 is 9.84 Å². The molecule has 0 aromatic heterocycles. The summed E-state index contributed by atoms with van der Waals surface area (Å²) in [6.07, 6.45) is 1.80. The van der Waals surface area contributed by atoms with Crippen LogP contribution in [0.15, 0.2) is 30.3 Å². The number of aliphatic hydroxyl groups is 1. The van der Waals surface area contributed by atoms with Crippen LogP contribution in [0.3, 0.4) is 0 Å². The summed E-state index contributed by atoms with van der Waals surface area (Å²) in [5.41, 5.74) is 1.22. The summed E-state index contributed by atoms with van der Waals surface area (Å²) in [6.45, 7) is 1.79. The average molecular weight is 192 g/mol. The Morgan fingerprint density at radius 1 is 1.29 bits per heavy atom. The predicted molar refractivity (Wildman–Crippen MR) is 55.0 cm³/mol. The van der Waals surface area contributed by atoms with E-state index in [4.69, 9.17) is 4.74 Å². The molecule has 2 nitrogen and oxygen atoms in total. The zero-order chi connectivity index (χ0) is 9.97. The highest BCUT2D eigenvalue weighted by Crippen LogP contribution is 2.33. The maximum Gasteiger partial charge on any atom is 0.0840 e. The first-order chi connectivity index (χ1) is 6.77. The summed E-state index contributed by atoms with van der Waals surface area (Å²) in [6, 6.07) is 10.2.